The Morgan fingerprint density at radius 2 is 2.20 bits per heavy atom. The average molecular weight is 221 g/mol. The molecule has 1 aromatic rings. The van der Waals surface area contributed by atoms with E-state index in [2.05, 4.69) is 25.1 Å². The van der Waals surface area contributed by atoms with Gasteiger partial charge in [0.05, 0.1) is 0 Å². The molecule has 1 aliphatic rings. The van der Waals surface area contributed by atoms with Gasteiger partial charge in [-0.3, -0.25) is 0 Å². The zero-order valence-corrected chi connectivity index (χ0v) is 10.1. The van der Waals surface area contributed by atoms with Gasteiger partial charge in [0, 0.05) is 22.2 Å². The second-order valence-corrected chi connectivity index (χ2v) is 5.55. The van der Waals surface area contributed by atoms with E-state index in [4.69, 9.17) is 5.73 Å². The molecule has 0 radical (unpaired) electrons. The lowest BCUT2D eigenvalue weighted by atomic mass is 9.93. The maximum absolute atomic E-state index is 5.87. The van der Waals surface area contributed by atoms with Crippen molar-refractivity contribution < 1.29 is 0 Å². The number of allylic oxidation sites excluding steroid dienone is 1. The van der Waals surface area contributed by atoms with Crippen LogP contribution in [0.2, 0.25) is 0 Å². The highest BCUT2D eigenvalue weighted by Gasteiger charge is 2.11. The van der Waals surface area contributed by atoms with Crippen molar-refractivity contribution in [1.29, 1.82) is 0 Å². The lowest BCUT2D eigenvalue weighted by molar-refractivity contribution is 0.584. The number of hydrogen-bond acceptors (Lipinski definition) is 2. The summed E-state index contributed by atoms with van der Waals surface area (Å²) in [4.78, 5) is 3.01. The fourth-order valence-electron chi connectivity index (χ4n) is 2.00. The second kappa shape index (κ2) is 4.95. The number of thiophene rings is 1. The fourth-order valence-corrected chi connectivity index (χ4v) is 3.01. The lowest BCUT2D eigenvalue weighted by Gasteiger charge is -2.17. The van der Waals surface area contributed by atoms with Gasteiger partial charge in [-0.25, -0.2) is 0 Å². The summed E-state index contributed by atoms with van der Waals surface area (Å²) in [5, 5.41) is 0. The van der Waals surface area contributed by atoms with Crippen molar-refractivity contribution in [3.05, 3.63) is 33.5 Å². The van der Waals surface area contributed by atoms with Gasteiger partial charge in [-0.1, -0.05) is 18.6 Å². The maximum Gasteiger partial charge on any atom is 0.00886 e. The van der Waals surface area contributed by atoms with Crippen LogP contribution in [0.4, 0.5) is 0 Å². The molecule has 0 spiro atoms. The number of aryl methyl sites for hydroxylation is 1. The molecule has 0 saturated carbocycles. The molecule has 0 aromatic carbocycles. The van der Waals surface area contributed by atoms with Crippen LogP contribution in [0.1, 0.15) is 35.9 Å². The van der Waals surface area contributed by atoms with E-state index in [0.717, 1.165) is 25.7 Å². The van der Waals surface area contributed by atoms with Crippen molar-refractivity contribution in [2.24, 2.45) is 5.73 Å². The number of hydrogen-bond donors (Lipinski definition) is 1. The van der Waals surface area contributed by atoms with Gasteiger partial charge in [0.2, 0.25) is 0 Å². The van der Waals surface area contributed by atoms with Gasteiger partial charge in [0.25, 0.3) is 0 Å². The zero-order chi connectivity index (χ0) is 10.7. The normalized spacial score (nSPS) is 21.5. The largest absolute Gasteiger partial charge is 0.327 e. The van der Waals surface area contributed by atoms with Crippen LogP contribution in [0.5, 0.6) is 0 Å². The van der Waals surface area contributed by atoms with Gasteiger partial charge in [0.15, 0.2) is 0 Å². The molecule has 1 unspecified atom stereocenters. The minimum absolute atomic E-state index is 0.406. The van der Waals surface area contributed by atoms with Crippen LogP contribution in [-0.2, 0) is 12.8 Å². The first kappa shape index (κ1) is 10.9. The van der Waals surface area contributed by atoms with E-state index in [-0.39, 0.29) is 0 Å². The second-order valence-electron chi connectivity index (χ2n) is 4.30. The summed E-state index contributed by atoms with van der Waals surface area (Å²) in [6.07, 6.45) is 8.09. The van der Waals surface area contributed by atoms with E-state index in [9.17, 15) is 0 Å². The molecule has 0 fully saturated rings. The maximum atomic E-state index is 5.87. The Balaban J connectivity index is 1.97. The summed E-state index contributed by atoms with van der Waals surface area (Å²) in [6, 6.07) is 4.94. The molecule has 15 heavy (non-hydrogen) atoms. The Kier molecular flexibility index (Phi) is 3.60. The van der Waals surface area contributed by atoms with Crippen LogP contribution >= 0.6 is 11.3 Å². The Labute approximate surface area is 96.0 Å². The van der Waals surface area contributed by atoms with Crippen LogP contribution in [-0.4, -0.2) is 6.04 Å². The van der Waals surface area contributed by atoms with E-state index in [1.165, 1.54) is 16.2 Å². The first-order valence-electron chi connectivity index (χ1n) is 5.79. The molecule has 1 atom stereocenters. The average Bonchev–Trinajstić information content (AvgIpc) is 2.69. The summed E-state index contributed by atoms with van der Waals surface area (Å²) in [5.74, 6) is 0. The minimum atomic E-state index is 0.406. The smallest absolute Gasteiger partial charge is 0.00886 e. The minimum Gasteiger partial charge on any atom is -0.327 e. The van der Waals surface area contributed by atoms with Crippen molar-refractivity contribution in [2.45, 2.75) is 45.1 Å². The van der Waals surface area contributed by atoms with Gasteiger partial charge in [0.1, 0.15) is 0 Å². The van der Waals surface area contributed by atoms with Crippen LogP contribution in [0.15, 0.2) is 23.8 Å². The van der Waals surface area contributed by atoms with E-state index < -0.39 is 0 Å². The predicted octanol–water partition coefficient (Wildman–Crippen LogP) is 3.29. The molecule has 1 aromatic heterocycles. The molecule has 0 bridgehead atoms. The number of nitrogens with two attached hydrogens (primary N) is 1. The lowest BCUT2D eigenvalue weighted by Crippen LogP contribution is -2.21. The Morgan fingerprint density at radius 3 is 2.80 bits per heavy atom. The molecule has 0 saturated heterocycles. The third kappa shape index (κ3) is 2.93. The van der Waals surface area contributed by atoms with Crippen LogP contribution < -0.4 is 5.73 Å². The highest BCUT2D eigenvalue weighted by atomic mass is 32.1. The SMILES string of the molecule is CCc1ccc(CC2=CCC(N)CC2)s1. The van der Waals surface area contributed by atoms with Gasteiger partial charge in [-0.2, -0.15) is 0 Å². The molecule has 1 nitrogen and oxygen atoms in total. The van der Waals surface area contributed by atoms with Gasteiger partial charge >= 0.3 is 0 Å². The molecular weight excluding hydrogens is 202 g/mol. The van der Waals surface area contributed by atoms with Crippen molar-refractivity contribution in [3.8, 4) is 0 Å². The van der Waals surface area contributed by atoms with E-state index in [0.29, 0.717) is 6.04 Å². The number of rotatable bonds is 3. The molecule has 1 aliphatic carbocycles. The quantitative estimate of drug-likeness (QED) is 0.779. The van der Waals surface area contributed by atoms with E-state index in [1.54, 1.807) is 5.57 Å². The molecule has 2 rings (SSSR count). The molecule has 1 heterocycles. The molecule has 0 aliphatic heterocycles. The topological polar surface area (TPSA) is 26.0 Å². The third-order valence-electron chi connectivity index (χ3n) is 3.01. The highest BCUT2D eigenvalue weighted by molar-refractivity contribution is 7.12. The third-order valence-corrected chi connectivity index (χ3v) is 4.24. The first-order chi connectivity index (χ1) is 7.28. The predicted molar refractivity (Wildman–Crippen MR) is 67.3 cm³/mol. The molecule has 2 heteroatoms. The Hall–Kier alpha value is -0.600. The first-order valence-corrected chi connectivity index (χ1v) is 6.60. The standard InChI is InChI=1S/C13H19NS/c1-2-12-7-8-13(15-12)9-10-3-5-11(14)6-4-10/h3,7-8,11H,2,4-6,9,14H2,1H3. The summed E-state index contributed by atoms with van der Waals surface area (Å²) in [6.45, 7) is 2.22. The van der Waals surface area contributed by atoms with Crippen LogP contribution in [0, 0.1) is 0 Å². The summed E-state index contributed by atoms with van der Waals surface area (Å²) >= 11 is 1.96. The molecular formula is C13H19NS. The molecule has 2 N–H and O–H groups in total. The molecule has 82 valence electrons. The van der Waals surface area contributed by atoms with Crippen LogP contribution in [0.25, 0.3) is 0 Å². The zero-order valence-electron chi connectivity index (χ0n) is 9.33. The highest BCUT2D eigenvalue weighted by Crippen LogP contribution is 2.25. The van der Waals surface area contributed by atoms with Crippen LogP contribution in [0.3, 0.4) is 0 Å². The van der Waals surface area contributed by atoms with Crippen molar-refractivity contribution in [1.82, 2.24) is 0 Å². The van der Waals surface area contributed by atoms with Crippen molar-refractivity contribution >= 4 is 11.3 Å². The van der Waals surface area contributed by atoms with E-state index >= 15 is 0 Å². The van der Waals surface area contributed by atoms with E-state index in [1.807, 2.05) is 11.3 Å². The summed E-state index contributed by atoms with van der Waals surface area (Å²) < 4.78 is 0. The van der Waals surface area contributed by atoms with Gasteiger partial charge < -0.3 is 5.73 Å². The summed E-state index contributed by atoms with van der Waals surface area (Å²) in [7, 11) is 0. The fraction of sp³-hybridized carbons (Fsp3) is 0.538. The monoisotopic (exact) mass is 221 g/mol. The van der Waals surface area contributed by atoms with Crippen molar-refractivity contribution in [2.75, 3.05) is 0 Å². The Morgan fingerprint density at radius 1 is 1.40 bits per heavy atom. The summed E-state index contributed by atoms with van der Waals surface area (Å²) in [5.41, 5.74) is 7.46. The van der Waals surface area contributed by atoms with Crippen molar-refractivity contribution in [3.63, 3.8) is 0 Å². The van der Waals surface area contributed by atoms with Gasteiger partial charge in [-0.15, -0.1) is 11.3 Å². The molecule has 0 amide bonds. The van der Waals surface area contributed by atoms with Gasteiger partial charge in [-0.05, 0) is 37.8 Å². The Bertz CT molecular complexity index is 351.